The summed E-state index contributed by atoms with van der Waals surface area (Å²) in [5, 5.41) is 8.51. The van der Waals surface area contributed by atoms with Gasteiger partial charge in [0.25, 0.3) is 0 Å². The van der Waals surface area contributed by atoms with Crippen LogP contribution in [-0.4, -0.2) is 23.8 Å². The highest BCUT2D eigenvalue weighted by molar-refractivity contribution is 5.75. The van der Waals surface area contributed by atoms with E-state index >= 15 is 0 Å². The molecule has 1 rings (SSSR count). The fourth-order valence-corrected chi connectivity index (χ4v) is 1.81. The summed E-state index contributed by atoms with van der Waals surface area (Å²) >= 11 is 0. The summed E-state index contributed by atoms with van der Waals surface area (Å²) in [6, 6.07) is 8.33. The molecular formula is C14H21NO3. The predicted octanol–water partition coefficient (Wildman–Crippen LogP) is 2.23. The topological polar surface area (TPSA) is 58.6 Å². The lowest BCUT2D eigenvalue weighted by Crippen LogP contribution is -2.26. The van der Waals surface area contributed by atoms with Gasteiger partial charge in [-0.1, -0.05) is 29.8 Å². The molecule has 4 nitrogen and oxygen atoms in total. The van der Waals surface area contributed by atoms with Crippen LogP contribution in [0.25, 0.3) is 0 Å². The van der Waals surface area contributed by atoms with Gasteiger partial charge in [-0.2, -0.15) is 0 Å². The van der Waals surface area contributed by atoms with Crippen LogP contribution in [0.3, 0.4) is 0 Å². The molecule has 2 N–H and O–H groups in total. The first-order chi connectivity index (χ1) is 8.65. The van der Waals surface area contributed by atoms with Crippen molar-refractivity contribution in [2.45, 2.75) is 39.2 Å². The molecule has 0 bridgehead atoms. The number of nitrogens with one attached hydrogen (secondary N) is 1. The molecule has 100 valence electrons. The molecule has 0 radical (unpaired) electrons. The molecule has 0 aliphatic rings. The van der Waals surface area contributed by atoms with E-state index in [0.717, 1.165) is 12.8 Å². The highest BCUT2D eigenvalue weighted by Gasteiger charge is 2.13. The Morgan fingerprint density at radius 3 is 2.61 bits per heavy atom. The molecule has 0 aromatic heterocycles. The number of aryl methyl sites for hydroxylation is 2. The molecule has 1 aromatic carbocycles. The highest BCUT2D eigenvalue weighted by Crippen LogP contribution is 2.11. The van der Waals surface area contributed by atoms with Crippen molar-refractivity contribution in [3.8, 4) is 0 Å². The van der Waals surface area contributed by atoms with Crippen molar-refractivity contribution >= 4 is 5.91 Å². The maximum Gasteiger partial charge on any atom is 0.245 e. The quantitative estimate of drug-likeness (QED) is 0.577. The smallest absolute Gasteiger partial charge is 0.245 e. The van der Waals surface area contributed by atoms with E-state index in [-0.39, 0.29) is 12.5 Å². The van der Waals surface area contributed by atoms with Crippen molar-refractivity contribution in [3.63, 3.8) is 0 Å². The van der Waals surface area contributed by atoms with Gasteiger partial charge in [-0.3, -0.25) is 10.0 Å². The Morgan fingerprint density at radius 1 is 1.39 bits per heavy atom. The average Bonchev–Trinajstić information content (AvgIpc) is 2.38. The minimum absolute atomic E-state index is 0.150. The number of hydrogen-bond donors (Lipinski definition) is 2. The molecule has 18 heavy (non-hydrogen) atoms. The molecule has 0 spiro atoms. The van der Waals surface area contributed by atoms with Crippen LogP contribution in [0.5, 0.6) is 0 Å². The average molecular weight is 251 g/mol. The molecule has 0 saturated carbocycles. The fourth-order valence-electron chi connectivity index (χ4n) is 1.81. The lowest BCUT2D eigenvalue weighted by atomic mass is 10.0. The lowest BCUT2D eigenvalue weighted by Gasteiger charge is -2.15. The van der Waals surface area contributed by atoms with Crippen LogP contribution in [0.2, 0.25) is 0 Å². The maximum atomic E-state index is 11.1. The lowest BCUT2D eigenvalue weighted by molar-refractivity contribution is -0.132. The van der Waals surface area contributed by atoms with Crippen molar-refractivity contribution in [2.24, 2.45) is 0 Å². The van der Waals surface area contributed by atoms with Crippen LogP contribution in [0.15, 0.2) is 24.3 Å². The van der Waals surface area contributed by atoms with Crippen LogP contribution in [0.1, 0.15) is 30.9 Å². The summed E-state index contributed by atoms with van der Waals surface area (Å²) < 4.78 is 5.49. The monoisotopic (exact) mass is 251 g/mol. The second kappa shape index (κ2) is 7.84. The summed E-state index contributed by atoms with van der Waals surface area (Å²) in [5.41, 5.74) is 4.11. The molecule has 0 fully saturated rings. The Hall–Kier alpha value is -1.39. The molecule has 0 heterocycles. The first kappa shape index (κ1) is 14.7. The third-order valence-corrected chi connectivity index (χ3v) is 2.82. The van der Waals surface area contributed by atoms with Gasteiger partial charge in [0, 0.05) is 6.61 Å². The van der Waals surface area contributed by atoms with Gasteiger partial charge in [0.2, 0.25) is 5.91 Å². The first-order valence-corrected chi connectivity index (χ1v) is 6.25. The van der Waals surface area contributed by atoms with E-state index in [1.165, 1.54) is 11.1 Å². The zero-order valence-corrected chi connectivity index (χ0v) is 11.0. The van der Waals surface area contributed by atoms with Crippen LogP contribution >= 0.6 is 0 Å². The molecule has 4 heteroatoms. The van der Waals surface area contributed by atoms with E-state index in [4.69, 9.17) is 9.94 Å². The largest absolute Gasteiger partial charge is 0.378 e. The normalized spacial score (nSPS) is 12.2. The van der Waals surface area contributed by atoms with Gasteiger partial charge in [-0.05, 0) is 32.3 Å². The Morgan fingerprint density at radius 2 is 2.06 bits per heavy atom. The molecule has 0 saturated heterocycles. The molecule has 1 atom stereocenters. The minimum atomic E-state index is -0.405. The van der Waals surface area contributed by atoms with Crippen molar-refractivity contribution in [2.75, 3.05) is 6.61 Å². The van der Waals surface area contributed by atoms with Crippen molar-refractivity contribution < 1.29 is 14.7 Å². The standard InChI is InChI=1S/C14H21NO3/c1-3-18-13(10-14(16)15-17)9-8-12-6-4-11(2)5-7-12/h4-7,13,17H,3,8-10H2,1-2H3,(H,15,16). The number of benzene rings is 1. The van der Waals surface area contributed by atoms with E-state index in [1.54, 1.807) is 5.48 Å². The van der Waals surface area contributed by atoms with Crippen LogP contribution < -0.4 is 5.48 Å². The Balaban J connectivity index is 2.45. The van der Waals surface area contributed by atoms with Gasteiger partial charge in [0.05, 0.1) is 12.5 Å². The van der Waals surface area contributed by atoms with Crippen molar-refractivity contribution in [1.29, 1.82) is 0 Å². The van der Waals surface area contributed by atoms with Crippen LogP contribution in [0, 0.1) is 6.92 Å². The summed E-state index contributed by atoms with van der Waals surface area (Å²) in [7, 11) is 0. The Labute approximate surface area is 108 Å². The Bertz CT molecular complexity index is 362. The third-order valence-electron chi connectivity index (χ3n) is 2.82. The summed E-state index contributed by atoms with van der Waals surface area (Å²) in [6.07, 6.45) is 1.67. The first-order valence-electron chi connectivity index (χ1n) is 6.25. The zero-order chi connectivity index (χ0) is 13.4. The van der Waals surface area contributed by atoms with Gasteiger partial charge < -0.3 is 4.74 Å². The summed E-state index contributed by atoms with van der Waals surface area (Å²) in [6.45, 7) is 4.52. The summed E-state index contributed by atoms with van der Waals surface area (Å²) in [5.74, 6) is -0.405. The van der Waals surface area contributed by atoms with Gasteiger partial charge in [0.15, 0.2) is 0 Å². The molecule has 1 amide bonds. The molecular weight excluding hydrogens is 230 g/mol. The van der Waals surface area contributed by atoms with Gasteiger partial charge in [0.1, 0.15) is 0 Å². The van der Waals surface area contributed by atoms with E-state index in [9.17, 15) is 4.79 Å². The van der Waals surface area contributed by atoms with E-state index in [0.29, 0.717) is 6.61 Å². The number of carbonyl (C=O) groups excluding carboxylic acids is 1. The number of amides is 1. The highest BCUT2D eigenvalue weighted by atomic mass is 16.5. The Kier molecular flexibility index (Phi) is 6.39. The van der Waals surface area contributed by atoms with Gasteiger partial charge in [-0.25, -0.2) is 5.48 Å². The maximum absolute atomic E-state index is 11.1. The second-order valence-electron chi connectivity index (χ2n) is 4.34. The van der Waals surface area contributed by atoms with E-state index in [2.05, 4.69) is 31.2 Å². The SMILES string of the molecule is CCOC(CCc1ccc(C)cc1)CC(=O)NO. The molecule has 0 aliphatic carbocycles. The predicted molar refractivity (Wildman–Crippen MR) is 69.5 cm³/mol. The summed E-state index contributed by atoms with van der Waals surface area (Å²) in [4.78, 5) is 11.1. The third kappa shape index (κ3) is 5.29. The molecule has 1 aromatic rings. The number of ether oxygens (including phenoxy) is 1. The van der Waals surface area contributed by atoms with Gasteiger partial charge in [-0.15, -0.1) is 0 Å². The number of rotatable bonds is 7. The molecule has 0 aliphatic heterocycles. The van der Waals surface area contributed by atoms with Crippen molar-refractivity contribution in [3.05, 3.63) is 35.4 Å². The zero-order valence-electron chi connectivity index (χ0n) is 11.0. The minimum Gasteiger partial charge on any atom is -0.378 e. The van der Waals surface area contributed by atoms with Crippen LogP contribution in [0.4, 0.5) is 0 Å². The van der Waals surface area contributed by atoms with E-state index < -0.39 is 5.91 Å². The van der Waals surface area contributed by atoms with Crippen LogP contribution in [-0.2, 0) is 16.0 Å². The van der Waals surface area contributed by atoms with E-state index in [1.807, 2.05) is 6.92 Å². The van der Waals surface area contributed by atoms with Gasteiger partial charge >= 0.3 is 0 Å². The second-order valence-corrected chi connectivity index (χ2v) is 4.34. The van der Waals surface area contributed by atoms with Crippen molar-refractivity contribution in [1.82, 2.24) is 5.48 Å². The molecule has 1 unspecified atom stereocenters. The number of carbonyl (C=O) groups is 1. The number of hydrogen-bond acceptors (Lipinski definition) is 3. The fraction of sp³-hybridized carbons (Fsp3) is 0.500. The number of hydroxylamine groups is 1.